The number of rotatable bonds is 11. The summed E-state index contributed by atoms with van der Waals surface area (Å²) in [5, 5.41) is 24.5. The number of fused-ring (bicyclic) bond motifs is 1. The van der Waals surface area contributed by atoms with E-state index in [1.54, 1.807) is 72.1 Å². The van der Waals surface area contributed by atoms with Gasteiger partial charge in [-0.15, -0.1) is 0 Å². The van der Waals surface area contributed by atoms with Gasteiger partial charge in [0.2, 0.25) is 0 Å². The van der Waals surface area contributed by atoms with Crippen molar-refractivity contribution in [2.75, 3.05) is 27.7 Å². The molecule has 1 amide bonds. The first kappa shape index (κ1) is 46.3. The van der Waals surface area contributed by atoms with E-state index in [2.05, 4.69) is 9.97 Å². The van der Waals surface area contributed by atoms with Crippen LogP contribution in [0, 0.1) is 28.9 Å². The zero-order valence-corrected chi connectivity index (χ0v) is 36.5. The predicted octanol–water partition coefficient (Wildman–Crippen LogP) is 4.94. The number of Topliss-reactive ketones (excluding diaryl/α,β-unsaturated/α-hetero) is 2. The predicted molar refractivity (Wildman–Crippen MR) is 216 cm³/mol. The lowest BCUT2D eigenvalue weighted by Gasteiger charge is -2.50. The monoisotopic (exact) mass is 827 g/mol. The number of pyridine rings is 1. The van der Waals surface area contributed by atoms with Gasteiger partial charge in [0.05, 0.1) is 50.0 Å². The summed E-state index contributed by atoms with van der Waals surface area (Å²) in [6.45, 7) is 14.5. The number of hydrogen-bond donors (Lipinski definition) is 1. The van der Waals surface area contributed by atoms with E-state index in [9.17, 15) is 29.5 Å². The number of aliphatic hydroxyl groups is 1. The fourth-order valence-corrected chi connectivity index (χ4v) is 9.54. The molecule has 3 saturated heterocycles. The lowest BCUT2D eigenvalue weighted by atomic mass is 9.73. The number of aryl methyl sites for hydroxylation is 1. The molecule has 0 bridgehead atoms. The van der Waals surface area contributed by atoms with Crippen molar-refractivity contribution in [1.29, 1.82) is 0 Å². The second-order valence-corrected chi connectivity index (χ2v) is 17.8. The molecule has 3 fully saturated rings. The molecule has 0 unspecified atom stereocenters. The van der Waals surface area contributed by atoms with Crippen molar-refractivity contribution in [2.45, 2.75) is 148 Å². The third-order valence-corrected chi connectivity index (χ3v) is 13.0. The maximum atomic E-state index is 14.7. The number of hydroxylamine groups is 3. The van der Waals surface area contributed by atoms with E-state index in [0.29, 0.717) is 19.4 Å². The fourth-order valence-electron chi connectivity index (χ4n) is 9.54. The van der Waals surface area contributed by atoms with Crippen LogP contribution < -0.4 is 0 Å². The maximum absolute atomic E-state index is 14.7. The van der Waals surface area contributed by atoms with E-state index < -0.39 is 100 Å². The van der Waals surface area contributed by atoms with Gasteiger partial charge in [-0.1, -0.05) is 27.7 Å². The zero-order valence-electron chi connectivity index (χ0n) is 36.5. The van der Waals surface area contributed by atoms with Crippen molar-refractivity contribution < 1.29 is 52.6 Å². The van der Waals surface area contributed by atoms with Gasteiger partial charge in [0.25, 0.3) is 0 Å². The number of aromatic nitrogens is 3. The van der Waals surface area contributed by atoms with E-state index >= 15 is 0 Å². The number of unbranched alkanes of at least 4 members (excludes halogenated alkanes) is 1. The first-order valence-corrected chi connectivity index (χ1v) is 20.9. The summed E-state index contributed by atoms with van der Waals surface area (Å²) in [6, 6.07) is 2.19. The minimum Gasteiger partial charge on any atom is -0.633 e. The first-order chi connectivity index (χ1) is 27.7. The maximum Gasteiger partial charge on any atom is 0.410 e. The number of cyclic esters (lactones) is 1. The average molecular weight is 828 g/mol. The number of carbonyl (C=O) groups is 4. The molecule has 0 radical (unpaired) electrons. The Labute approximate surface area is 348 Å². The van der Waals surface area contributed by atoms with Crippen LogP contribution in [-0.2, 0) is 44.6 Å². The highest BCUT2D eigenvalue weighted by Gasteiger charge is 2.60. The minimum atomic E-state index is -1.43. The number of hydrogen-bond acceptors (Lipinski definition) is 13. The van der Waals surface area contributed by atoms with Crippen LogP contribution in [0.15, 0.2) is 37.1 Å². The van der Waals surface area contributed by atoms with Crippen LogP contribution in [0.4, 0.5) is 4.79 Å². The van der Waals surface area contributed by atoms with Gasteiger partial charge in [0.15, 0.2) is 23.8 Å². The summed E-state index contributed by atoms with van der Waals surface area (Å²) in [7, 11) is 4.34. The Morgan fingerprint density at radius 1 is 1.03 bits per heavy atom. The summed E-state index contributed by atoms with van der Waals surface area (Å²) in [5.41, 5.74) is -1.06. The molecule has 3 aliphatic heterocycles. The fraction of sp³-hybridized carbons (Fsp3) is 0.721. The van der Waals surface area contributed by atoms with E-state index in [0.717, 1.165) is 11.3 Å². The van der Waals surface area contributed by atoms with Gasteiger partial charge in [-0.05, 0) is 65.5 Å². The number of aliphatic hydroxyl groups excluding tert-OH is 1. The number of amides is 1. The van der Waals surface area contributed by atoms with Crippen molar-refractivity contribution in [1.82, 2.24) is 19.4 Å². The molecule has 0 spiro atoms. The summed E-state index contributed by atoms with van der Waals surface area (Å²) in [4.78, 5) is 67.1. The van der Waals surface area contributed by atoms with Crippen molar-refractivity contribution in [3.05, 3.63) is 42.3 Å². The normalized spacial score (nSPS) is 36.5. The molecule has 1 N–H and O–H groups in total. The standard InChI is InChI=1S/C43H65N5O11/c1-12-33-43(8)37(47(41(53)59-43)19-14-13-18-46-23-31(45-24-46)30-16-15-17-44-22-30)27(4)34(49)25(2)21-42(7,55-11)38(28(5)35(50)29(6)39(52)57-33)58-40-36(51)32(48(9,10)54)20-26(3)56-40/h15-17,22-29,32-33,36-38,40,51H,12-14,18-21H2,1-11H3/t25-,26-,27+,28+,29-,32+,33-,36-,37-,38-,40+,42-,43-/m1/s1. The third-order valence-electron chi connectivity index (χ3n) is 13.0. The van der Waals surface area contributed by atoms with Crippen molar-refractivity contribution in [3.63, 3.8) is 0 Å². The van der Waals surface area contributed by atoms with Gasteiger partial charge >= 0.3 is 12.1 Å². The largest absolute Gasteiger partial charge is 0.633 e. The van der Waals surface area contributed by atoms with Gasteiger partial charge in [-0.3, -0.25) is 19.4 Å². The van der Waals surface area contributed by atoms with E-state index in [1.165, 1.54) is 28.1 Å². The molecular weight excluding hydrogens is 762 g/mol. The molecule has 0 aliphatic carbocycles. The van der Waals surface area contributed by atoms with Crippen LogP contribution in [-0.4, -0.2) is 135 Å². The quantitative estimate of drug-likeness (QED) is 0.105. The van der Waals surface area contributed by atoms with Crippen LogP contribution in [0.3, 0.4) is 0 Å². The SMILES string of the molecule is CC[C@H]1OC(=O)[C@H](C)C(=O)[C@H](C)[C@@H](O[C@@H]2O[C@H](C)C[C@H]([N+](C)(C)[O-])[C@H]2O)[C@](C)(OC)C[C@@H](C)C(=O)[C@H](C)[C@H]2N(CCCCn3cnc(-c4cccnc4)c3)C(=O)O[C@]12C. The Morgan fingerprint density at radius 3 is 2.36 bits per heavy atom. The molecule has 16 nitrogen and oxygen atoms in total. The second-order valence-electron chi connectivity index (χ2n) is 17.8. The molecule has 328 valence electrons. The minimum absolute atomic E-state index is 0.0695. The number of esters is 1. The Balaban J connectivity index is 1.44. The van der Waals surface area contributed by atoms with Crippen molar-refractivity contribution in [3.8, 4) is 11.3 Å². The highest BCUT2D eigenvalue weighted by molar-refractivity contribution is 6.00. The van der Waals surface area contributed by atoms with Crippen molar-refractivity contribution >= 4 is 23.6 Å². The molecule has 5 rings (SSSR count). The number of ether oxygens (including phenoxy) is 5. The Bertz CT molecular complexity index is 1790. The van der Waals surface area contributed by atoms with Crippen LogP contribution in [0.25, 0.3) is 11.3 Å². The summed E-state index contributed by atoms with van der Waals surface area (Å²) in [6.07, 6.45) is 3.16. The molecule has 0 saturated carbocycles. The van der Waals surface area contributed by atoms with E-state index in [1.807, 2.05) is 22.9 Å². The molecule has 16 heteroatoms. The van der Waals surface area contributed by atoms with E-state index in [-0.39, 0.29) is 31.6 Å². The molecule has 59 heavy (non-hydrogen) atoms. The summed E-state index contributed by atoms with van der Waals surface area (Å²) < 4.78 is 32.2. The number of carbonyl (C=O) groups excluding carboxylic acids is 4. The highest BCUT2D eigenvalue weighted by Crippen LogP contribution is 2.43. The number of ketones is 2. The average Bonchev–Trinajstić information content (AvgIpc) is 3.77. The molecule has 0 aromatic carbocycles. The second kappa shape index (κ2) is 18.4. The van der Waals surface area contributed by atoms with Gasteiger partial charge in [-0.2, -0.15) is 0 Å². The van der Waals surface area contributed by atoms with Crippen molar-refractivity contribution in [2.24, 2.45) is 23.7 Å². The van der Waals surface area contributed by atoms with Gasteiger partial charge in [0, 0.05) is 68.5 Å². The van der Waals surface area contributed by atoms with E-state index in [4.69, 9.17) is 23.7 Å². The van der Waals surface area contributed by atoms with Crippen LogP contribution in [0.5, 0.6) is 0 Å². The molecule has 2 aromatic heterocycles. The topological polar surface area (TPSA) is 192 Å². The molecule has 2 aromatic rings. The third kappa shape index (κ3) is 9.73. The smallest absolute Gasteiger partial charge is 0.410 e. The van der Waals surface area contributed by atoms with Crippen LogP contribution in [0.2, 0.25) is 0 Å². The number of methoxy groups -OCH3 is 1. The number of likely N-dealkylation sites (N-methyl/N-ethyl adjacent to an activating group) is 1. The first-order valence-electron chi connectivity index (χ1n) is 20.9. The van der Waals surface area contributed by atoms with Crippen LogP contribution in [0.1, 0.15) is 87.5 Å². The van der Waals surface area contributed by atoms with Crippen LogP contribution >= 0.6 is 0 Å². The lowest BCUT2D eigenvalue weighted by Crippen LogP contribution is -2.62. The Kier molecular flexibility index (Phi) is 14.5. The van der Waals surface area contributed by atoms with Gasteiger partial charge in [-0.25, -0.2) is 9.78 Å². The summed E-state index contributed by atoms with van der Waals surface area (Å²) >= 11 is 0. The molecule has 5 heterocycles. The molecule has 13 atom stereocenters. The lowest BCUT2D eigenvalue weighted by molar-refractivity contribution is -0.874. The molecular formula is C43H65N5O11. The number of imidazole rings is 1. The zero-order chi connectivity index (χ0) is 43.6. The van der Waals surface area contributed by atoms with Gasteiger partial charge < -0.3 is 48.1 Å². The summed E-state index contributed by atoms with van der Waals surface area (Å²) in [5.74, 6) is -5.30. The Morgan fingerprint density at radius 2 is 1.73 bits per heavy atom. The van der Waals surface area contributed by atoms with Gasteiger partial charge in [0.1, 0.15) is 23.8 Å². The Hall–Kier alpha value is -3.80. The number of quaternary nitrogens is 1. The highest BCUT2D eigenvalue weighted by atomic mass is 16.7. The number of nitrogens with zero attached hydrogens (tertiary/aromatic N) is 5. The molecule has 3 aliphatic rings.